The zero-order valence-electron chi connectivity index (χ0n) is 24.1. The lowest BCUT2D eigenvalue weighted by Gasteiger charge is -2.22. The minimum Gasteiger partial charge on any atom is -0.465 e. The lowest BCUT2D eigenvalue weighted by molar-refractivity contribution is -0.136. The van der Waals surface area contributed by atoms with E-state index in [1.165, 1.54) is 17.9 Å². The Kier molecular flexibility index (Phi) is 13.5. The van der Waals surface area contributed by atoms with Crippen molar-refractivity contribution in [3.05, 3.63) is 47.5 Å². The van der Waals surface area contributed by atoms with Crippen molar-refractivity contribution in [2.45, 2.75) is 84.2 Å². The average Bonchev–Trinajstić information content (AvgIpc) is 3.41. The van der Waals surface area contributed by atoms with Gasteiger partial charge in [0.25, 0.3) is 5.91 Å². The van der Waals surface area contributed by atoms with E-state index in [1.54, 1.807) is 6.08 Å². The molecule has 1 aromatic carbocycles. The number of esters is 1. The van der Waals surface area contributed by atoms with Crippen LogP contribution < -0.4 is 5.32 Å². The largest absolute Gasteiger partial charge is 0.465 e. The molecule has 0 aromatic heterocycles. The lowest BCUT2D eigenvalue weighted by Crippen LogP contribution is -2.41. The number of nitrogens with one attached hydrogen (secondary N) is 1. The summed E-state index contributed by atoms with van der Waals surface area (Å²) in [5.41, 5.74) is -0.145. The number of ether oxygens (including phenoxy) is 1. The molecule has 0 radical (unpaired) electrons. The number of allylic oxidation sites excluding steroid dienone is 1. The van der Waals surface area contributed by atoms with E-state index in [1.807, 2.05) is 13.8 Å². The van der Waals surface area contributed by atoms with Gasteiger partial charge in [-0.15, -0.1) is 0 Å². The summed E-state index contributed by atoms with van der Waals surface area (Å²) in [7, 11) is 1.12. The quantitative estimate of drug-likeness (QED) is 0.204. The number of benzene rings is 1. The topological polar surface area (TPSA) is 122 Å². The standard InChI is InChI=1S/C30H39F2N3O6/c1-5-8-19(2)12-13-28(38)33-25(17-21-15-22(31)18-23(32)16-21)29(39)34-24(30(40)41-4)9-6-11-27(37)26-10-7-14-35(26)20(3)36/h12-13,15-16,18-19,25-26H,5-11,14,17H2,1-4H3,(H,33,38)/b13-12+,34-24?. The van der Waals surface area contributed by atoms with Gasteiger partial charge in [0.1, 0.15) is 23.4 Å². The first-order chi connectivity index (χ1) is 19.4. The number of carbonyl (C=O) groups is 5. The van der Waals surface area contributed by atoms with E-state index in [-0.39, 0.29) is 54.6 Å². The van der Waals surface area contributed by atoms with Gasteiger partial charge in [0.15, 0.2) is 5.78 Å². The molecule has 0 spiro atoms. The van der Waals surface area contributed by atoms with Crippen LogP contribution in [0.15, 0.2) is 35.3 Å². The molecule has 1 fully saturated rings. The molecule has 11 heteroatoms. The molecule has 1 aromatic rings. The van der Waals surface area contributed by atoms with Crippen molar-refractivity contribution in [1.82, 2.24) is 10.2 Å². The fourth-order valence-electron chi connectivity index (χ4n) is 4.80. The molecule has 41 heavy (non-hydrogen) atoms. The van der Waals surface area contributed by atoms with Crippen LogP contribution in [0.1, 0.15) is 71.3 Å². The lowest BCUT2D eigenvalue weighted by atomic mass is 10.0. The summed E-state index contributed by atoms with van der Waals surface area (Å²) in [5, 5.41) is 2.52. The van der Waals surface area contributed by atoms with Crippen LogP contribution in [0.25, 0.3) is 0 Å². The van der Waals surface area contributed by atoms with Gasteiger partial charge in [0, 0.05) is 32.4 Å². The highest BCUT2D eigenvalue weighted by Crippen LogP contribution is 2.20. The van der Waals surface area contributed by atoms with Gasteiger partial charge in [-0.25, -0.2) is 18.6 Å². The van der Waals surface area contributed by atoms with Crippen molar-refractivity contribution in [2.75, 3.05) is 13.7 Å². The van der Waals surface area contributed by atoms with E-state index in [2.05, 4.69) is 10.3 Å². The van der Waals surface area contributed by atoms with Crippen LogP contribution in [0, 0.1) is 17.6 Å². The fraction of sp³-hybridized carbons (Fsp3) is 0.533. The van der Waals surface area contributed by atoms with Gasteiger partial charge in [-0.3, -0.25) is 19.2 Å². The van der Waals surface area contributed by atoms with Crippen LogP contribution >= 0.6 is 0 Å². The van der Waals surface area contributed by atoms with Crippen LogP contribution in [-0.2, 0) is 35.1 Å². The number of nitrogens with zero attached hydrogens (tertiary/aromatic N) is 2. The highest BCUT2D eigenvalue weighted by atomic mass is 19.1. The van der Waals surface area contributed by atoms with Crippen LogP contribution in [0.4, 0.5) is 8.78 Å². The maximum Gasteiger partial charge on any atom is 0.352 e. The third kappa shape index (κ3) is 11.0. The van der Waals surface area contributed by atoms with E-state index in [9.17, 15) is 32.8 Å². The second-order valence-corrected chi connectivity index (χ2v) is 10.2. The molecule has 1 saturated heterocycles. The van der Waals surface area contributed by atoms with E-state index in [0.29, 0.717) is 19.0 Å². The number of rotatable bonds is 14. The van der Waals surface area contributed by atoms with Gasteiger partial charge in [0.2, 0.25) is 11.8 Å². The van der Waals surface area contributed by atoms with E-state index < -0.39 is 41.5 Å². The first-order valence-corrected chi connectivity index (χ1v) is 13.9. The molecule has 1 aliphatic heterocycles. The third-order valence-corrected chi connectivity index (χ3v) is 6.83. The number of methoxy groups -OCH3 is 1. The number of amides is 3. The highest BCUT2D eigenvalue weighted by Gasteiger charge is 2.32. The maximum absolute atomic E-state index is 13.8. The molecule has 224 valence electrons. The normalized spacial score (nSPS) is 16.9. The van der Waals surface area contributed by atoms with Gasteiger partial charge in [-0.1, -0.05) is 26.3 Å². The molecule has 1 N–H and O–H groups in total. The summed E-state index contributed by atoms with van der Waals surface area (Å²) >= 11 is 0. The SMILES string of the molecule is CCCC(C)/C=C/C(=O)NC(Cc1cc(F)cc(F)c1)C(=O)N=C(CCCC(=O)C1CCCN1C(C)=O)C(=O)OC. The van der Waals surface area contributed by atoms with Crippen LogP contribution in [-0.4, -0.2) is 65.8 Å². The number of Topliss-reactive ketones (excluding diaryl/α,β-unsaturated/α-hetero) is 1. The molecule has 0 aliphatic carbocycles. The Labute approximate surface area is 239 Å². The molecule has 9 nitrogen and oxygen atoms in total. The maximum atomic E-state index is 13.8. The Hall–Kier alpha value is -3.76. The average molecular weight is 576 g/mol. The summed E-state index contributed by atoms with van der Waals surface area (Å²) in [6.45, 7) is 5.88. The van der Waals surface area contributed by atoms with E-state index in [0.717, 1.165) is 38.5 Å². The van der Waals surface area contributed by atoms with Crippen LogP contribution in [0.5, 0.6) is 0 Å². The summed E-state index contributed by atoms with van der Waals surface area (Å²) < 4.78 is 32.4. The molecule has 2 rings (SSSR count). The number of aliphatic imine (C=N–C) groups is 1. The fourth-order valence-corrected chi connectivity index (χ4v) is 4.80. The molecule has 0 bridgehead atoms. The number of ketones is 1. The minimum atomic E-state index is -1.33. The number of hydrogen-bond donors (Lipinski definition) is 1. The molecule has 3 amide bonds. The summed E-state index contributed by atoms with van der Waals surface area (Å²) in [5.74, 6) is -4.29. The summed E-state index contributed by atoms with van der Waals surface area (Å²) in [6.07, 6.45) is 5.95. The van der Waals surface area contributed by atoms with Gasteiger partial charge in [-0.05, 0) is 61.8 Å². The predicted molar refractivity (Wildman–Crippen MR) is 149 cm³/mol. The molecule has 1 heterocycles. The summed E-state index contributed by atoms with van der Waals surface area (Å²) in [4.78, 5) is 68.2. The molecule has 0 saturated carbocycles. The Morgan fingerprint density at radius 3 is 2.44 bits per heavy atom. The second-order valence-electron chi connectivity index (χ2n) is 10.2. The Balaban J connectivity index is 2.21. The first-order valence-electron chi connectivity index (χ1n) is 13.9. The van der Waals surface area contributed by atoms with Gasteiger partial charge in [0.05, 0.1) is 13.2 Å². The number of halogens is 2. The minimum absolute atomic E-state index is 0.0577. The Morgan fingerprint density at radius 2 is 1.83 bits per heavy atom. The van der Waals surface area contributed by atoms with Crippen LogP contribution in [0.3, 0.4) is 0 Å². The van der Waals surface area contributed by atoms with Crippen molar-refractivity contribution in [3.63, 3.8) is 0 Å². The molecule has 1 aliphatic rings. The van der Waals surface area contributed by atoms with E-state index >= 15 is 0 Å². The van der Waals surface area contributed by atoms with Crippen LogP contribution in [0.2, 0.25) is 0 Å². The number of carbonyl (C=O) groups excluding carboxylic acids is 5. The van der Waals surface area contributed by atoms with Gasteiger partial charge < -0.3 is 15.0 Å². The Bertz CT molecular complexity index is 1160. The monoisotopic (exact) mass is 575 g/mol. The van der Waals surface area contributed by atoms with E-state index in [4.69, 9.17) is 4.74 Å². The van der Waals surface area contributed by atoms with Crippen molar-refractivity contribution < 1.29 is 37.5 Å². The van der Waals surface area contributed by atoms with Crippen molar-refractivity contribution in [1.29, 1.82) is 0 Å². The number of hydrogen-bond acceptors (Lipinski definition) is 6. The summed E-state index contributed by atoms with van der Waals surface area (Å²) in [6, 6.07) is 0.926. The van der Waals surface area contributed by atoms with Crippen molar-refractivity contribution in [2.24, 2.45) is 10.9 Å². The first kappa shape index (κ1) is 33.4. The number of likely N-dealkylation sites (tertiary alicyclic amines) is 1. The third-order valence-electron chi connectivity index (χ3n) is 6.83. The highest BCUT2D eigenvalue weighted by molar-refractivity contribution is 6.38. The van der Waals surface area contributed by atoms with Crippen molar-refractivity contribution >= 4 is 35.2 Å². The zero-order chi connectivity index (χ0) is 30.5. The van der Waals surface area contributed by atoms with Crippen molar-refractivity contribution in [3.8, 4) is 0 Å². The molecule has 3 unspecified atom stereocenters. The molecular formula is C30H39F2N3O6. The predicted octanol–water partition coefficient (Wildman–Crippen LogP) is 3.88. The van der Waals surface area contributed by atoms with Gasteiger partial charge >= 0.3 is 5.97 Å². The van der Waals surface area contributed by atoms with Gasteiger partial charge in [-0.2, -0.15) is 0 Å². The smallest absolute Gasteiger partial charge is 0.352 e. The molecule has 3 atom stereocenters. The molecular weight excluding hydrogens is 536 g/mol. The second kappa shape index (κ2) is 16.5. The Morgan fingerprint density at radius 1 is 1.15 bits per heavy atom. The zero-order valence-corrected chi connectivity index (χ0v) is 24.1.